The molecular formula is C17H11F2N3OS. The van der Waals surface area contributed by atoms with Crippen molar-refractivity contribution in [3.8, 4) is 11.5 Å². The summed E-state index contributed by atoms with van der Waals surface area (Å²) in [5, 5.41) is 0.569. The molecule has 0 bridgehead atoms. The van der Waals surface area contributed by atoms with Crippen LogP contribution in [-0.4, -0.2) is 15.0 Å². The van der Waals surface area contributed by atoms with Gasteiger partial charge in [-0.3, -0.25) is 0 Å². The van der Waals surface area contributed by atoms with E-state index in [1.54, 1.807) is 6.26 Å². The summed E-state index contributed by atoms with van der Waals surface area (Å²) in [6.07, 6.45) is 1.59. The number of benzene rings is 2. The van der Waals surface area contributed by atoms with Gasteiger partial charge in [0.05, 0.1) is 16.7 Å². The maximum absolute atomic E-state index is 13.2. The second kappa shape index (κ2) is 6.09. The average molecular weight is 343 g/mol. The minimum Gasteiger partial charge on any atom is -0.444 e. The average Bonchev–Trinajstić information content (AvgIpc) is 3.21. The summed E-state index contributed by atoms with van der Waals surface area (Å²) in [6.45, 7) is 0. The van der Waals surface area contributed by atoms with Crippen molar-refractivity contribution >= 4 is 22.8 Å². The number of aromatic amines is 1. The Morgan fingerprint density at radius 1 is 1.04 bits per heavy atom. The van der Waals surface area contributed by atoms with E-state index in [0.29, 0.717) is 27.8 Å². The summed E-state index contributed by atoms with van der Waals surface area (Å²) >= 11 is 1.39. The summed E-state index contributed by atoms with van der Waals surface area (Å²) < 4.78 is 31.9. The molecule has 0 saturated carbocycles. The molecule has 0 atom stereocenters. The van der Waals surface area contributed by atoms with Gasteiger partial charge in [0.15, 0.2) is 16.8 Å². The molecule has 7 heteroatoms. The highest BCUT2D eigenvalue weighted by Gasteiger charge is 2.11. The van der Waals surface area contributed by atoms with Gasteiger partial charge in [-0.05, 0) is 12.1 Å². The van der Waals surface area contributed by atoms with Crippen molar-refractivity contribution in [1.82, 2.24) is 15.0 Å². The number of H-pyrrole nitrogens is 1. The van der Waals surface area contributed by atoms with Gasteiger partial charge >= 0.3 is 0 Å². The number of nitrogens with zero attached hydrogens (tertiary/aromatic N) is 2. The second-order valence-corrected chi connectivity index (χ2v) is 6.09. The topological polar surface area (TPSA) is 54.7 Å². The first-order chi connectivity index (χ1) is 11.7. The number of fused-ring (bicyclic) bond motifs is 1. The van der Waals surface area contributed by atoms with E-state index in [-0.39, 0.29) is 0 Å². The SMILES string of the molecule is Fc1cc2nc(SCc3coc(-c4ccccc4)n3)[nH]c2cc1F. The van der Waals surface area contributed by atoms with Gasteiger partial charge in [-0.1, -0.05) is 30.0 Å². The minimum absolute atomic E-state index is 0.390. The van der Waals surface area contributed by atoms with E-state index in [0.717, 1.165) is 23.4 Å². The molecular weight excluding hydrogens is 332 g/mol. The lowest BCUT2D eigenvalue weighted by Gasteiger charge is -1.93. The summed E-state index contributed by atoms with van der Waals surface area (Å²) in [5.74, 6) is -0.720. The summed E-state index contributed by atoms with van der Waals surface area (Å²) in [5.41, 5.74) is 2.52. The molecule has 2 aromatic heterocycles. The van der Waals surface area contributed by atoms with E-state index in [2.05, 4.69) is 15.0 Å². The van der Waals surface area contributed by atoms with Crippen LogP contribution in [0.4, 0.5) is 8.78 Å². The molecule has 0 aliphatic carbocycles. The molecule has 0 saturated heterocycles. The highest BCUT2D eigenvalue weighted by molar-refractivity contribution is 7.98. The zero-order valence-electron chi connectivity index (χ0n) is 12.3. The van der Waals surface area contributed by atoms with Gasteiger partial charge < -0.3 is 9.40 Å². The zero-order chi connectivity index (χ0) is 16.5. The van der Waals surface area contributed by atoms with Crippen molar-refractivity contribution in [2.75, 3.05) is 0 Å². The molecule has 0 unspecified atom stereocenters. The number of nitrogens with one attached hydrogen (secondary N) is 1. The molecule has 120 valence electrons. The standard InChI is InChI=1S/C17H11F2N3OS/c18-12-6-14-15(7-13(12)19)22-17(21-14)24-9-11-8-23-16(20-11)10-4-2-1-3-5-10/h1-8H,9H2,(H,21,22). The van der Waals surface area contributed by atoms with Gasteiger partial charge in [0.1, 0.15) is 6.26 Å². The Balaban J connectivity index is 1.50. The number of halogens is 2. The third kappa shape index (κ3) is 2.90. The molecule has 0 amide bonds. The molecule has 2 heterocycles. The Kier molecular flexibility index (Phi) is 3.78. The quantitative estimate of drug-likeness (QED) is 0.541. The van der Waals surface area contributed by atoms with Gasteiger partial charge in [-0.25, -0.2) is 18.7 Å². The van der Waals surface area contributed by atoms with Crippen molar-refractivity contribution in [3.63, 3.8) is 0 Å². The lowest BCUT2D eigenvalue weighted by Crippen LogP contribution is -1.83. The van der Waals surface area contributed by atoms with Gasteiger partial charge in [0.2, 0.25) is 5.89 Å². The van der Waals surface area contributed by atoms with Crippen molar-refractivity contribution in [2.45, 2.75) is 10.9 Å². The number of thioether (sulfide) groups is 1. The predicted molar refractivity (Wildman–Crippen MR) is 87.5 cm³/mol. The fraction of sp³-hybridized carbons (Fsp3) is 0.0588. The monoisotopic (exact) mass is 343 g/mol. The molecule has 24 heavy (non-hydrogen) atoms. The molecule has 4 aromatic rings. The number of aromatic nitrogens is 3. The van der Waals surface area contributed by atoms with Crippen LogP contribution in [0.3, 0.4) is 0 Å². The number of imidazole rings is 1. The number of rotatable bonds is 4. The first-order valence-electron chi connectivity index (χ1n) is 7.16. The molecule has 0 aliphatic heterocycles. The smallest absolute Gasteiger partial charge is 0.226 e. The third-order valence-electron chi connectivity index (χ3n) is 3.43. The number of oxazole rings is 1. The van der Waals surface area contributed by atoms with E-state index in [1.165, 1.54) is 11.8 Å². The Morgan fingerprint density at radius 3 is 2.67 bits per heavy atom. The lowest BCUT2D eigenvalue weighted by molar-refractivity contribution is 0.510. The first kappa shape index (κ1) is 14.9. The zero-order valence-corrected chi connectivity index (χ0v) is 13.1. The normalized spacial score (nSPS) is 11.2. The highest BCUT2D eigenvalue weighted by Crippen LogP contribution is 2.26. The molecule has 0 aliphatic rings. The highest BCUT2D eigenvalue weighted by atomic mass is 32.2. The van der Waals surface area contributed by atoms with Crippen LogP contribution < -0.4 is 0 Å². The van der Waals surface area contributed by atoms with E-state index < -0.39 is 11.6 Å². The fourth-order valence-electron chi connectivity index (χ4n) is 2.28. The van der Waals surface area contributed by atoms with Crippen LogP contribution in [0.2, 0.25) is 0 Å². The van der Waals surface area contributed by atoms with E-state index in [4.69, 9.17) is 4.42 Å². The Morgan fingerprint density at radius 2 is 1.83 bits per heavy atom. The Labute approximate surface area is 139 Å². The predicted octanol–water partition coefficient (Wildman–Crippen LogP) is 4.79. The molecule has 4 nitrogen and oxygen atoms in total. The Hall–Kier alpha value is -2.67. The largest absolute Gasteiger partial charge is 0.444 e. The van der Waals surface area contributed by atoms with Crippen molar-refractivity contribution in [1.29, 1.82) is 0 Å². The molecule has 4 rings (SSSR count). The first-order valence-corrected chi connectivity index (χ1v) is 8.15. The maximum Gasteiger partial charge on any atom is 0.226 e. The van der Waals surface area contributed by atoms with Gasteiger partial charge in [-0.15, -0.1) is 0 Å². The third-order valence-corrected chi connectivity index (χ3v) is 4.34. The molecule has 1 N–H and O–H groups in total. The van der Waals surface area contributed by atoms with Crippen molar-refractivity contribution < 1.29 is 13.2 Å². The maximum atomic E-state index is 13.2. The van der Waals surface area contributed by atoms with Crippen LogP contribution in [0, 0.1) is 11.6 Å². The number of hydrogen-bond donors (Lipinski definition) is 1. The van der Waals surface area contributed by atoms with Crippen LogP contribution in [0.25, 0.3) is 22.5 Å². The molecule has 2 aromatic carbocycles. The van der Waals surface area contributed by atoms with E-state index in [9.17, 15) is 8.78 Å². The van der Waals surface area contributed by atoms with Crippen LogP contribution in [0.15, 0.2) is 58.3 Å². The summed E-state index contributed by atoms with van der Waals surface area (Å²) in [4.78, 5) is 11.6. The second-order valence-electron chi connectivity index (χ2n) is 5.12. The van der Waals surface area contributed by atoms with Crippen LogP contribution in [0.5, 0.6) is 0 Å². The van der Waals surface area contributed by atoms with Crippen LogP contribution >= 0.6 is 11.8 Å². The molecule has 0 fully saturated rings. The minimum atomic E-state index is -0.908. The number of hydrogen-bond acceptors (Lipinski definition) is 4. The van der Waals surface area contributed by atoms with Crippen molar-refractivity contribution in [3.05, 3.63) is 66.1 Å². The van der Waals surface area contributed by atoms with Crippen LogP contribution in [-0.2, 0) is 5.75 Å². The van der Waals surface area contributed by atoms with Crippen LogP contribution in [0.1, 0.15) is 5.69 Å². The van der Waals surface area contributed by atoms with Gasteiger partial charge in [0, 0.05) is 23.4 Å². The van der Waals surface area contributed by atoms with Crippen molar-refractivity contribution in [2.24, 2.45) is 0 Å². The van der Waals surface area contributed by atoms with E-state index in [1.807, 2.05) is 30.3 Å². The van der Waals surface area contributed by atoms with Gasteiger partial charge in [-0.2, -0.15) is 0 Å². The fourth-order valence-corrected chi connectivity index (χ4v) is 3.04. The summed E-state index contributed by atoms with van der Waals surface area (Å²) in [6, 6.07) is 11.8. The molecule has 0 radical (unpaired) electrons. The Bertz CT molecular complexity index is 959. The molecule has 0 spiro atoms. The lowest BCUT2D eigenvalue weighted by atomic mass is 10.2. The van der Waals surface area contributed by atoms with Gasteiger partial charge in [0.25, 0.3) is 0 Å². The van der Waals surface area contributed by atoms with E-state index >= 15 is 0 Å². The summed E-state index contributed by atoms with van der Waals surface area (Å²) in [7, 11) is 0.